The van der Waals surface area contributed by atoms with Crippen LogP contribution in [0.3, 0.4) is 0 Å². The van der Waals surface area contributed by atoms with Crippen molar-refractivity contribution in [2.24, 2.45) is 5.92 Å². The van der Waals surface area contributed by atoms with Crippen LogP contribution in [0.4, 0.5) is 0 Å². The number of hydrogen-bond acceptors (Lipinski definition) is 1. The van der Waals surface area contributed by atoms with Crippen LogP contribution in [-0.2, 0) is 6.42 Å². The van der Waals surface area contributed by atoms with Crippen LogP contribution in [0.25, 0.3) is 5.69 Å². The molecule has 94 valence electrons. The topological polar surface area (TPSA) is 17.8 Å². The second kappa shape index (κ2) is 5.27. The Balaban J connectivity index is 1.71. The van der Waals surface area contributed by atoms with Gasteiger partial charge >= 0.3 is 0 Å². The molecule has 3 rings (SSSR count). The predicted octanol–water partition coefficient (Wildman–Crippen LogP) is 3.98. The van der Waals surface area contributed by atoms with E-state index in [4.69, 9.17) is 0 Å². The van der Waals surface area contributed by atoms with Gasteiger partial charge in [0.05, 0.1) is 5.69 Å². The molecule has 1 aliphatic carbocycles. The van der Waals surface area contributed by atoms with Crippen LogP contribution in [-0.4, -0.2) is 14.6 Å². The molecule has 0 spiro atoms. The fraction of sp³-hybridized carbons (Fsp3) is 0.400. The summed E-state index contributed by atoms with van der Waals surface area (Å²) >= 11 is 3.80. The number of hydrogen-bond donors (Lipinski definition) is 0. The van der Waals surface area contributed by atoms with E-state index in [0.717, 1.165) is 18.0 Å². The van der Waals surface area contributed by atoms with E-state index >= 15 is 0 Å². The van der Waals surface area contributed by atoms with E-state index in [2.05, 4.69) is 51.4 Å². The molecule has 0 bridgehead atoms. The van der Waals surface area contributed by atoms with E-state index in [1.165, 1.54) is 25.0 Å². The van der Waals surface area contributed by atoms with Crippen LogP contribution < -0.4 is 0 Å². The first kappa shape index (κ1) is 12.0. The summed E-state index contributed by atoms with van der Waals surface area (Å²) in [7, 11) is 0. The van der Waals surface area contributed by atoms with Crippen molar-refractivity contribution in [3.05, 3.63) is 48.3 Å². The molecule has 1 heterocycles. The molecule has 0 amide bonds. The molecule has 18 heavy (non-hydrogen) atoms. The first-order valence-electron chi connectivity index (χ1n) is 6.57. The van der Waals surface area contributed by atoms with Crippen molar-refractivity contribution in [3.63, 3.8) is 0 Å². The molecular formula is C15H17BrN2. The van der Waals surface area contributed by atoms with Crippen molar-refractivity contribution in [2.45, 2.75) is 30.5 Å². The number of aromatic nitrogens is 2. The number of halogens is 1. The maximum Gasteiger partial charge on any atom is 0.0648 e. The van der Waals surface area contributed by atoms with E-state index in [1.54, 1.807) is 0 Å². The van der Waals surface area contributed by atoms with Crippen LogP contribution in [0.15, 0.2) is 42.6 Å². The Labute approximate surface area is 116 Å². The smallest absolute Gasteiger partial charge is 0.0648 e. The van der Waals surface area contributed by atoms with Crippen LogP contribution in [0.5, 0.6) is 0 Å². The third kappa shape index (κ3) is 2.66. The summed E-state index contributed by atoms with van der Waals surface area (Å²) in [6, 6.07) is 12.5. The zero-order valence-electron chi connectivity index (χ0n) is 10.3. The fourth-order valence-electron chi connectivity index (χ4n) is 2.30. The van der Waals surface area contributed by atoms with Gasteiger partial charge in [-0.15, -0.1) is 0 Å². The first-order chi connectivity index (χ1) is 8.84. The number of rotatable bonds is 5. The van der Waals surface area contributed by atoms with Gasteiger partial charge in [-0.2, -0.15) is 5.10 Å². The Morgan fingerprint density at radius 1 is 1.22 bits per heavy atom. The summed E-state index contributed by atoms with van der Waals surface area (Å²) in [5, 5.41) is 4.43. The minimum absolute atomic E-state index is 0.677. The average molecular weight is 305 g/mol. The fourth-order valence-corrected chi connectivity index (χ4v) is 3.06. The predicted molar refractivity (Wildman–Crippen MR) is 77.3 cm³/mol. The summed E-state index contributed by atoms with van der Waals surface area (Å²) in [5.41, 5.74) is 2.45. The van der Waals surface area contributed by atoms with Crippen LogP contribution in [0, 0.1) is 5.92 Å². The lowest BCUT2D eigenvalue weighted by molar-refractivity contribution is 0.670. The van der Waals surface area contributed by atoms with Crippen LogP contribution in [0.1, 0.15) is 25.0 Å². The van der Waals surface area contributed by atoms with Gasteiger partial charge in [0.15, 0.2) is 0 Å². The molecular weight excluding hydrogens is 288 g/mol. The standard InChI is InChI=1S/C15H17BrN2/c16-15(12-6-7-12)9-8-14-10-11-17-18(14)13-4-2-1-3-5-13/h1-5,10-12,15H,6-9H2. The number of benzene rings is 1. The molecule has 1 saturated carbocycles. The SMILES string of the molecule is BrC(CCc1ccnn1-c1ccccc1)C1CC1. The number of alkyl halides is 1. The minimum Gasteiger partial charge on any atom is -0.238 e. The summed E-state index contributed by atoms with van der Waals surface area (Å²) in [5.74, 6) is 0.915. The molecule has 1 aromatic carbocycles. The highest BCUT2D eigenvalue weighted by Crippen LogP contribution is 2.38. The maximum atomic E-state index is 4.43. The second-order valence-electron chi connectivity index (χ2n) is 4.96. The van der Waals surface area contributed by atoms with Crippen molar-refractivity contribution in [1.82, 2.24) is 9.78 Å². The van der Waals surface area contributed by atoms with Gasteiger partial charge in [0.25, 0.3) is 0 Å². The maximum absolute atomic E-state index is 4.43. The Morgan fingerprint density at radius 3 is 2.72 bits per heavy atom. The number of aryl methyl sites for hydroxylation is 1. The molecule has 0 N–H and O–H groups in total. The van der Waals surface area contributed by atoms with Crippen LogP contribution >= 0.6 is 15.9 Å². The lowest BCUT2D eigenvalue weighted by atomic mass is 10.1. The van der Waals surface area contributed by atoms with Crippen LogP contribution in [0.2, 0.25) is 0 Å². The van der Waals surface area contributed by atoms with E-state index in [9.17, 15) is 0 Å². The first-order valence-corrected chi connectivity index (χ1v) is 7.48. The Bertz CT molecular complexity index is 502. The van der Waals surface area contributed by atoms with Gasteiger partial charge in [-0.1, -0.05) is 34.1 Å². The molecule has 1 unspecified atom stereocenters. The summed E-state index contributed by atoms with van der Waals surface area (Å²) in [6.07, 6.45) is 6.97. The highest BCUT2D eigenvalue weighted by atomic mass is 79.9. The van der Waals surface area contributed by atoms with Gasteiger partial charge in [-0.05, 0) is 49.8 Å². The molecule has 1 aromatic heterocycles. The molecule has 1 aliphatic rings. The Kier molecular flexibility index (Phi) is 3.50. The van der Waals surface area contributed by atoms with Crippen molar-refractivity contribution >= 4 is 15.9 Å². The average Bonchev–Trinajstić information content (AvgIpc) is 3.16. The third-order valence-corrected chi connectivity index (χ3v) is 4.74. The summed E-state index contributed by atoms with van der Waals surface area (Å²) in [6.45, 7) is 0. The van der Waals surface area contributed by atoms with Gasteiger partial charge in [-0.3, -0.25) is 0 Å². The van der Waals surface area contributed by atoms with Crippen molar-refractivity contribution < 1.29 is 0 Å². The van der Waals surface area contributed by atoms with Gasteiger partial charge in [0.1, 0.15) is 0 Å². The quantitative estimate of drug-likeness (QED) is 0.764. The van der Waals surface area contributed by atoms with E-state index < -0.39 is 0 Å². The third-order valence-electron chi connectivity index (χ3n) is 3.53. The van der Waals surface area contributed by atoms with Crippen molar-refractivity contribution in [3.8, 4) is 5.69 Å². The Hall–Kier alpha value is -1.09. The zero-order valence-corrected chi connectivity index (χ0v) is 11.9. The molecule has 0 saturated heterocycles. The molecule has 0 aliphatic heterocycles. The van der Waals surface area contributed by atoms with E-state index in [-0.39, 0.29) is 0 Å². The number of para-hydroxylation sites is 1. The van der Waals surface area contributed by atoms with E-state index in [1.807, 2.05) is 16.9 Å². The Morgan fingerprint density at radius 2 is 2.00 bits per heavy atom. The summed E-state index contributed by atoms with van der Waals surface area (Å²) in [4.78, 5) is 0.677. The highest BCUT2D eigenvalue weighted by Gasteiger charge is 2.28. The lowest BCUT2D eigenvalue weighted by Crippen LogP contribution is -2.07. The molecule has 1 atom stereocenters. The number of nitrogens with zero attached hydrogens (tertiary/aromatic N) is 2. The van der Waals surface area contributed by atoms with Crippen molar-refractivity contribution in [1.29, 1.82) is 0 Å². The molecule has 0 radical (unpaired) electrons. The monoisotopic (exact) mass is 304 g/mol. The minimum atomic E-state index is 0.677. The van der Waals surface area contributed by atoms with Gasteiger partial charge in [0, 0.05) is 16.7 Å². The zero-order chi connectivity index (χ0) is 12.4. The van der Waals surface area contributed by atoms with Crippen molar-refractivity contribution in [2.75, 3.05) is 0 Å². The summed E-state index contributed by atoms with van der Waals surface area (Å²) < 4.78 is 2.05. The normalized spacial score (nSPS) is 16.7. The van der Waals surface area contributed by atoms with Gasteiger partial charge < -0.3 is 0 Å². The molecule has 2 aromatic rings. The van der Waals surface area contributed by atoms with E-state index in [0.29, 0.717) is 4.83 Å². The highest BCUT2D eigenvalue weighted by molar-refractivity contribution is 9.09. The molecule has 3 heteroatoms. The molecule has 1 fully saturated rings. The largest absolute Gasteiger partial charge is 0.238 e. The lowest BCUT2D eigenvalue weighted by Gasteiger charge is -2.10. The second-order valence-corrected chi connectivity index (χ2v) is 6.14. The van der Waals surface area contributed by atoms with Gasteiger partial charge in [0.2, 0.25) is 0 Å². The molecule has 2 nitrogen and oxygen atoms in total. The van der Waals surface area contributed by atoms with Gasteiger partial charge in [-0.25, -0.2) is 4.68 Å².